The van der Waals surface area contributed by atoms with Gasteiger partial charge in [-0.25, -0.2) is 4.79 Å². The topological polar surface area (TPSA) is 84.6 Å². The van der Waals surface area contributed by atoms with Gasteiger partial charge in [0.05, 0.1) is 6.73 Å². The number of carboxylic acid groups (broad SMARTS) is 1. The molecule has 1 aromatic rings. The van der Waals surface area contributed by atoms with Gasteiger partial charge >= 0.3 is 5.97 Å². The van der Waals surface area contributed by atoms with E-state index in [9.17, 15) is 4.79 Å². The Balaban J connectivity index is 0. The quantitative estimate of drug-likeness (QED) is 0.546. The third-order valence-corrected chi connectivity index (χ3v) is 1.35. The summed E-state index contributed by atoms with van der Waals surface area (Å²) in [6.45, 7) is 5.44. The Morgan fingerprint density at radius 2 is 1.56 bits per heavy atom. The smallest absolute Gasteiger partial charge is 0.329 e. The third kappa shape index (κ3) is 24.0. The first-order valence-electron chi connectivity index (χ1n) is 5.89. The minimum absolute atomic E-state index is 0.229. The highest BCUT2D eigenvalue weighted by Crippen LogP contribution is 1.79. The summed E-state index contributed by atoms with van der Waals surface area (Å²) < 4.78 is 4.62. The zero-order valence-corrected chi connectivity index (χ0v) is 11.1. The number of hydrogen-bond donors (Lipinski definition) is 3. The third-order valence-electron chi connectivity index (χ3n) is 1.35. The van der Waals surface area contributed by atoms with E-state index in [0.717, 1.165) is 13.1 Å². The predicted molar refractivity (Wildman–Crippen MR) is 73.3 cm³/mol. The van der Waals surface area contributed by atoms with Crippen LogP contribution in [0, 0.1) is 0 Å². The van der Waals surface area contributed by atoms with Crippen LogP contribution in [0.4, 0.5) is 0 Å². The molecule has 0 bridgehead atoms. The van der Waals surface area contributed by atoms with Gasteiger partial charge in [-0.1, -0.05) is 50.2 Å². The second-order valence-electron chi connectivity index (χ2n) is 3.05. The maximum Gasteiger partial charge on any atom is 0.329 e. The molecule has 104 valence electrons. The van der Waals surface area contributed by atoms with Crippen molar-refractivity contribution in [3.05, 3.63) is 36.4 Å². The fourth-order valence-electron chi connectivity index (χ4n) is 0.697. The first-order chi connectivity index (χ1) is 8.68. The molecular formula is C13H24N2O3. The lowest BCUT2D eigenvalue weighted by molar-refractivity contribution is -0.142. The monoisotopic (exact) mass is 256 g/mol. The largest absolute Gasteiger partial charge is 0.480 e. The highest BCUT2D eigenvalue weighted by atomic mass is 16.5. The number of carboxylic acids is 1. The van der Waals surface area contributed by atoms with Crippen LogP contribution < -0.4 is 11.1 Å². The van der Waals surface area contributed by atoms with Gasteiger partial charge in [0.1, 0.15) is 6.61 Å². The van der Waals surface area contributed by atoms with E-state index in [2.05, 4.69) is 10.1 Å². The van der Waals surface area contributed by atoms with Crippen LogP contribution in [-0.2, 0) is 9.53 Å². The van der Waals surface area contributed by atoms with Gasteiger partial charge in [-0.3, -0.25) is 5.32 Å². The normalized spacial score (nSPS) is 8.39. The number of nitrogens with two attached hydrogens (primary N) is 1. The molecule has 0 amide bonds. The number of aliphatic carboxylic acids is 1. The summed E-state index contributed by atoms with van der Waals surface area (Å²) >= 11 is 0. The average molecular weight is 256 g/mol. The molecular weight excluding hydrogens is 232 g/mol. The van der Waals surface area contributed by atoms with Gasteiger partial charge < -0.3 is 15.6 Å². The minimum Gasteiger partial charge on any atom is -0.480 e. The second kappa shape index (κ2) is 17.9. The van der Waals surface area contributed by atoms with E-state index in [1.807, 2.05) is 50.2 Å². The zero-order valence-electron chi connectivity index (χ0n) is 11.1. The number of rotatable bonds is 5. The number of hydrogen-bond acceptors (Lipinski definition) is 4. The molecule has 0 aliphatic rings. The molecule has 1 aromatic carbocycles. The van der Waals surface area contributed by atoms with Crippen LogP contribution in [0.2, 0.25) is 0 Å². The van der Waals surface area contributed by atoms with E-state index < -0.39 is 5.97 Å². The maximum atomic E-state index is 9.81. The van der Waals surface area contributed by atoms with Crippen molar-refractivity contribution in [2.45, 2.75) is 13.8 Å². The Labute approximate surface area is 109 Å². The Hall–Kier alpha value is -1.43. The molecule has 18 heavy (non-hydrogen) atoms. The van der Waals surface area contributed by atoms with E-state index in [-0.39, 0.29) is 6.61 Å². The standard InChI is InChI=1S/C6H6.C5H11NO3.C2H7N/c1-2-4-6-5-3-1;1-2-6-4-9-3-5(7)8;1-2-3/h1-6H;6H,2-4H2,1H3,(H,7,8);2-3H2,1H3. The van der Waals surface area contributed by atoms with Gasteiger partial charge in [0.25, 0.3) is 0 Å². The van der Waals surface area contributed by atoms with Gasteiger partial charge in [0.15, 0.2) is 0 Å². The molecule has 0 fully saturated rings. The summed E-state index contributed by atoms with van der Waals surface area (Å²) in [5.41, 5.74) is 4.85. The molecule has 0 heterocycles. The van der Waals surface area contributed by atoms with Crippen LogP contribution in [0.5, 0.6) is 0 Å². The summed E-state index contributed by atoms with van der Waals surface area (Å²) in [4.78, 5) is 9.81. The molecule has 0 atom stereocenters. The Kier molecular flexibility index (Phi) is 18.9. The summed E-state index contributed by atoms with van der Waals surface area (Å²) in [7, 11) is 0. The van der Waals surface area contributed by atoms with Crippen LogP contribution in [0.1, 0.15) is 13.8 Å². The van der Waals surface area contributed by atoms with Crippen molar-refractivity contribution in [3.63, 3.8) is 0 Å². The van der Waals surface area contributed by atoms with Gasteiger partial charge in [0.2, 0.25) is 0 Å². The second-order valence-corrected chi connectivity index (χ2v) is 3.05. The van der Waals surface area contributed by atoms with Crippen molar-refractivity contribution in [1.29, 1.82) is 0 Å². The summed E-state index contributed by atoms with van der Waals surface area (Å²) in [5.74, 6) is -0.937. The molecule has 0 unspecified atom stereocenters. The Morgan fingerprint density at radius 1 is 1.17 bits per heavy atom. The van der Waals surface area contributed by atoms with Crippen LogP contribution in [-0.4, -0.2) is 37.5 Å². The molecule has 0 saturated heterocycles. The zero-order chi connectivity index (χ0) is 14.1. The lowest BCUT2D eigenvalue weighted by atomic mass is 10.4. The van der Waals surface area contributed by atoms with Crippen molar-refractivity contribution in [2.24, 2.45) is 5.73 Å². The molecule has 0 aliphatic carbocycles. The first-order valence-corrected chi connectivity index (χ1v) is 5.89. The van der Waals surface area contributed by atoms with Crippen LogP contribution in [0.15, 0.2) is 36.4 Å². The van der Waals surface area contributed by atoms with Crippen LogP contribution in [0.25, 0.3) is 0 Å². The average Bonchev–Trinajstić information content (AvgIpc) is 2.38. The molecule has 4 N–H and O–H groups in total. The lowest BCUT2D eigenvalue weighted by Crippen LogP contribution is -2.19. The molecule has 0 spiro atoms. The number of ether oxygens (including phenoxy) is 1. The van der Waals surface area contributed by atoms with Crippen LogP contribution >= 0.6 is 0 Å². The maximum absolute atomic E-state index is 9.81. The van der Waals surface area contributed by atoms with E-state index in [0.29, 0.717) is 6.73 Å². The molecule has 5 heteroatoms. The molecule has 0 radical (unpaired) electrons. The molecule has 5 nitrogen and oxygen atoms in total. The summed E-state index contributed by atoms with van der Waals surface area (Å²) in [6, 6.07) is 12.0. The summed E-state index contributed by atoms with van der Waals surface area (Å²) in [6.07, 6.45) is 0. The van der Waals surface area contributed by atoms with E-state index in [1.165, 1.54) is 0 Å². The number of carbonyl (C=O) groups is 1. The van der Waals surface area contributed by atoms with Crippen molar-refractivity contribution in [2.75, 3.05) is 26.4 Å². The fraction of sp³-hybridized carbons (Fsp3) is 0.462. The molecule has 0 aliphatic heterocycles. The van der Waals surface area contributed by atoms with Crippen molar-refractivity contribution < 1.29 is 14.6 Å². The van der Waals surface area contributed by atoms with Gasteiger partial charge in [-0.2, -0.15) is 0 Å². The molecule has 0 saturated carbocycles. The fourth-order valence-corrected chi connectivity index (χ4v) is 0.697. The molecule has 1 rings (SSSR count). The van der Waals surface area contributed by atoms with Gasteiger partial charge in [-0.05, 0) is 13.1 Å². The highest BCUT2D eigenvalue weighted by Gasteiger charge is 1.92. The van der Waals surface area contributed by atoms with E-state index >= 15 is 0 Å². The minimum atomic E-state index is -0.937. The van der Waals surface area contributed by atoms with Crippen LogP contribution in [0.3, 0.4) is 0 Å². The molecule has 0 aromatic heterocycles. The lowest BCUT2D eigenvalue weighted by Gasteiger charge is -1.99. The van der Waals surface area contributed by atoms with E-state index in [1.54, 1.807) is 0 Å². The highest BCUT2D eigenvalue weighted by molar-refractivity contribution is 5.67. The van der Waals surface area contributed by atoms with E-state index in [4.69, 9.17) is 10.8 Å². The SMILES string of the molecule is CCN.CCNCOCC(=O)O.c1ccccc1. The van der Waals surface area contributed by atoms with Crippen molar-refractivity contribution in [1.82, 2.24) is 5.32 Å². The summed E-state index contributed by atoms with van der Waals surface area (Å²) in [5, 5.41) is 10.9. The van der Waals surface area contributed by atoms with Crippen molar-refractivity contribution in [3.8, 4) is 0 Å². The van der Waals surface area contributed by atoms with Crippen molar-refractivity contribution >= 4 is 5.97 Å². The predicted octanol–water partition coefficient (Wildman–Crippen LogP) is 1.31. The Morgan fingerprint density at radius 3 is 1.83 bits per heavy atom. The van der Waals surface area contributed by atoms with Gasteiger partial charge in [-0.15, -0.1) is 0 Å². The first kappa shape index (κ1) is 18.9. The number of benzene rings is 1. The Bertz CT molecular complexity index is 229. The van der Waals surface area contributed by atoms with Gasteiger partial charge in [0, 0.05) is 0 Å². The number of nitrogens with one attached hydrogen (secondary N) is 1.